The molecule has 0 saturated carbocycles. The van der Waals surface area contributed by atoms with Gasteiger partial charge < -0.3 is 9.80 Å². The lowest BCUT2D eigenvalue weighted by Crippen LogP contribution is -2.62. The summed E-state index contributed by atoms with van der Waals surface area (Å²) >= 11 is 0. The van der Waals surface area contributed by atoms with Crippen LogP contribution in [0.15, 0.2) is 121 Å². The molecular weight excluding hydrogens is 880 g/mol. The molecule has 0 atom stereocenters. The quantitative estimate of drug-likeness (QED) is 0.159. The van der Waals surface area contributed by atoms with E-state index in [1.165, 1.54) is 149 Å². The third-order valence-corrected chi connectivity index (χ3v) is 19.2. The van der Waals surface area contributed by atoms with Crippen molar-refractivity contribution in [2.45, 2.75) is 181 Å². The average molecular weight is 959 g/mol. The van der Waals surface area contributed by atoms with Crippen molar-refractivity contribution in [1.82, 2.24) is 0 Å². The third kappa shape index (κ3) is 7.24. The Balaban J connectivity index is 1.19. The first kappa shape index (κ1) is 48.2. The largest absolute Gasteiger partial charge is 0.311 e. The van der Waals surface area contributed by atoms with Crippen LogP contribution in [0.1, 0.15) is 187 Å². The Bertz CT molecular complexity index is 3470. The molecule has 7 aromatic rings. The number of benzene rings is 7. The van der Waals surface area contributed by atoms with Gasteiger partial charge in [-0.2, -0.15) is 0 Å². The molecule has 7 aromatic carbocycles. The molecular formula is C70H79BN2. The summed E-state index contributed by atoms with van der Waals surface area (Å²) < 4.78 is 0. The molecule has 6 aliphatic rings. The topological polar surface area (TPSA) is 6.48 Å². The normalized spacial score (nSPS) is 19.0. The standard InChI is InChI=1S/C70H79BN2/c1-42-34-61-63-62(35-42)73-58-29-24-46(65(5,6)7)37-50(58)44-20-26-51(49(36-44)43-18-21-45(22-19-43)64(2,3)4)70(16,17)47-23-28-56(59(73)38-47)71(63)57-40-54-55(69(14,15)33-32-68(54,12)13)41-60(57)72(61)48-25-27-52-53(39-48)67(10,11)31-30-66(52,8)9/h18-29,34-41H,30-33H2,1-17H3. The van der Waals surface area contributed by atoms with E-state index in [0.717, 1.165) is 0 Å². The van der Waals surface area contributed by atoms with Crippen molar-refractivity contribution in [3.8, 4) is 22.3 Å². The zero-order valence-corrected chi connectivity index (χ0v) is 47.3. The number of nitrogens with zero attached hydrogens (tertiary/aromatic N) is 2. The van der Waals surface area contributed by atoms with Crippen LogP contribution in [0.5, 0.6) is 0 Å². The summed E-state index contributed by atoms with van der Waals surface area (Å²) in [5.41, 5.74) is 29.7. The molecule has 2 aliphatic carbocycles. The molecule has 0 amide bonds. The van der Waals surface area contributed by atoms with Crippen LogP contribution in [-0.4, -0.2) is 6.71 Å². The number of rotatable bonds is 2. The lowest BCUT2D eigenvalue weighted by Gasteiger charge is -2.48. The fraction of sp³-hybridized carbons (Fsp3) is 0.400. The van der Waals surface area contributed by atoms with Gasteiger partial charge in [-0.3, -0.25) is 0 Å². The van der Waals surface area contributed by atoms with E-state index in [0.29, 0.717) is 0 Å². The van der Waals surface area contributed by atoms with E-state index in [2.05, 4.69) is 249 Å². The highest BCUT2D eigenvalue weighted by Crippen LogP contribution is 2.55. The summed E-state index contributed by atoms with van der Waals surface area (Å²) in [6, 6.07) is 49.8. The minimum atomic E-state index is -0.312. The van der Waals surface area contributed by atoms with Gasteiger partial charge in [-0.1, -0.05) is 178 Å². The van der Waals surface area contributed by atoms with E-state index in [9.17, 15) is 0 Å². The van der Waals surface area contributed by atoms with Crippen molar-refractivity contribution in [3.63, 3.8) is 0 Å². The molecule has 0 aromatic heterocycles. The highest BCUT2D eigenvalue weighted by Gasteiger charge is 2.48. The van der Waals surface area contributed by atoms with Crippen LogP contribution >= 0.6 is 0 Å². The Kier molecular flexibility index (Phi) is 10.2. The van der Waals surface area contributed by atoms with Gasteiger partial charge in [0.2, 0.25) is 0 Å². The lowest BCUT2D eigenvalue weighted by molar-refractivity contribution is 0.332. The first-order valence-corrected chi connectivity index (χ1v) is 27.7. The van der Waals surface area contributed by atoms with Crippen LogP contribution < -0.4 is 26.2 Å². The monoisotopic (exact) mass is 959 g/mol. The van der Waals surface area contributed by atoms with Gasteiger partial charge in [0.1, 0.15) is 0 Å². The molecule has 4 aliphatic heterocycles. The van der Waals surface area contributed by atoms with Crippen LogP contribution in [-0.2, 0) is 37.9 Å². The predicted octanol–water partition coefficient (Wildman–Crippen LogP) is 17.3. The fourth-order valence-electron chi connectivity index (χ4n) is 14.1. The molecule has 0 radical (unpaired) electrons. The summed E-state index contributed by atoms with van der Waals surface area (Å²) in [4.78, 5) is 5.41. The fourth-order valence-corrected chi connectivity index (χ4v) is 14.1. The zero-order chi connectivity index (χ0) is 51.9. The van der Waals surface area contributed by atoms with Gasteiger partial charge in [-0.05, 0) is 203 Å². The summed E-state index contributed by atoms with van der Waals surface area (Å²) in [5, 5.41) is 0. The molecule has 0 fully saturated rings. The molecule has 0 unspecified atom stereocenters. The molecule has 0 saturated heterocycles. The number of aryl methyl sites for hydroxylation is 1. The van der Waals surface area contributed by atoms with Gasteiger partial charge in [-0.25, -0.2) is 0 Å². The summed E-state index contributed by atoms with van der Waals surface area (Å²) in [6.07, 6.45) is 4.73. The van der Waals surface area contributed by atoms with Crippen LogP contribution in [0, 0.1) is 6.92 Å². The Labute approximate surface area is 439 Å². The van der Waals surface area contributed by atoms with Crippen molar-refractivity contribution in [2.75, 3.05) is 9.80 Å². The van der Waals surface area contributed by atoms with Crippen LogP contribution in [0.4, 0.5) is 34.1 Å². The zero-order valence-electron chi connectivity index (χ0n) is 47.3. The first-order chi connectivity index (χ1) is 34.1. The summed E-state index contributed by atoms with van der Waals surface area (Å²) in [5.74, 6) is 0. The first-order valence-electron chi connectivity index (χ1n) is 27.7. The van der Waals surface area contributed by atoms with E-state index < -0.39 is 0 Å². The van der Waals surface area contributed by atoms with Crippen molar-refractivity contribution in [1.29, 1.82) is 0 Å². The molecule has 3 heteroatoms. The van der Waals surface area contributed by atoms with Gasteiger partial charge in [0.25, 0.3) is 6.71 Å². The minimum Gasteiger partial charge on any atom is -0.311 e. The second-order valence-electron chi connectivity index (χ2n) is 28.5. The van der Waals surface area contributed by atoms with Gasteiger partial charge in [0, 0.05) is 39.4 Å². The maximum absolute atomic E-state index is 2.71. The minimum absolute atomic E-state index is 0.0343. The van der Waals surface area contributed by atoms with E-state index in [4.69, 9.17) is 0 Å². The van der Waals surface area contributed by atoms with Gasteiger partial charge in [-0.15, -0.1) is 0 Å². The second-order valence-corrected chi connectivity index (χ2v) is 28.5. The Hall–Kier alpha value is -5.80. The van der Waals surface area contributed by atoms with Gasteiger partial charge in [0.15, 0.2) is 0 Å². The number of hydrogen-bond acceptors (Lipinski definition) is 2. The van der Waals surface area contributed by atoms with Gasteiger partial charge in [0.05, 0.1) is 5.69 Å². The highest BCUT2D eigenvalue weighted by molar-refractivity contribution is 7.00. The van der Waals surface area contributed by atoms with E-state index in [1.54, 1.807) is 0 Å². The number of fused-ring (bicyclic) bond motifs is 7. The van der Waals surface area contributed by atoms with Crippen LogP contribution in [0.2, 0.25) is 0 Å². The molecule has 0 N–H and O–H groups in total. The average Bonchev–Trinajstić information content (AvgIpc) is 3.34. The maximum Gasteiger partial charge on any atom is 0.252 e. The molecule has 4 heterocycles. The highest BCUT2D eigenvalue weighted by atomic mass is 15.2. The summed E-state index contributed by atoms with van der Waals surface area (Å²) in [6.45, 7) is 41.1. The van der Waals surface area contributed by atoms with E-state index >= 15 is 0 Å². The number of anilines is 6. The predicted molar refractivity (Wildman–Crippen MR) is 316 cm³/mol. The summed E-state index contributed by atoms with van der Waals surface area (Å²) in [7, 11) is 0. The van der Waals surface area contributed by atoms with E-state index in [1.807, 2.05) is 0 Å². The van der Waals surface area contributed by atoms with Crippen molar-refractivity contribution >= 4 is 57.2 Å². The molecule has 372 valence electrons. The van der Waals surface area contributed by atoms with Gasteiger partial charge >= 0.3 is 0 Å². The third-order valence-electron chi connectivity index (χ3n) is 19.2. The Morgan fingerprint density at radius 2 is 0.932 bits per heavy atom. The maximum atomic E-state index is 2.71. The van der Waals surface area contributed by atoms with Crippen molar-refractivity contribution < 1.29 is 0 Å². The lowest BCUT2D eigenvalue weighted by atomic mass is 9.33. The number of hydrogen-bond donors (Lipinski definition) is 0. The molecule has 73 heavy (non-hydrogen) atoms. The SMILES string of the molecule is Cc1cc2c3c(c1)N1c4cc(ccc4B3c3cc4c(cc3N2c2ccc3c(c2)C(C)(C)CCC3(C)C)C(C)(C)CCC4(C)C)C(C)(C)c2ccc(cc2-c2ccc(C(C)(C)C)cc2)-c2cc(C(C)(C)C)ccc21. The Morgan fingerprint density at radius 3 is 1.56 bits per heavy atom. The molecule has 0 spiro atoms. The van der Waals surface area contributed by atoms with Crippen molar-refractivity contribution in [3.05, 3.63) is 171 Å². The van der Waals surface area contributed by atoms with E-state index in [-0.39, 0.29) is 44.6 Å². The second kappa shape index (κ2) is 15.4. The molecule has 2 nitrogen and oxygen atoms in total. The molecule has 4 bridgehead atoms. The Morgan fingerprint density at radius 1 is 0.397 bits per heavy atom. The molecule has 13 rings (SSSR count). The van der Waals surface area contributed by atoms with Crippen LogP contribution in [0.3, 0.4) is 0 Å². The van der Waals surface area contributed by atoms with Crippen molar-refractivity contribution in [2.24, 2.45) is 0 Å². The van der Waals surface area contributed by atoms with Crippen LogP contribution in [0.25, 0.3) is 22.3 Å². The smallest absolute Gasteiger partial charge is 0.252 e.